The second-order valence-corrected chi connectivity index (χ2v) is 6.55. The Morgan fingerprint density at radius 1 is 0.960 bits per heavy atom. The molecule has 1 saturated carbocycles. The van der Waals surface area contributed by atoms with Crippen LogP contribution in [0.15, 0.2) is 36.5 Å². The van der Waals surface area contributed by atoms with Gasteiger partial charge in [0.2, 0.25) is 5.75 Å². The number of phenols is 3. The summed E-state index contributed by atoms with van der Waals surface area (Å²) >= 11 is 0. The van der Waals surface area contributed by atoms with Crippen molar-refractivity contribution in [3.8, 4) is 28.5 Å². The Balaban J connectivity index is 1.85. The van der Waals surface area contributed by atoms with Crippen molar-refractivity contribution in [2.24, 2.45) is 0 Å². The summed E-state index contributed by atoms with van der Waals surface area (Å²) in [6.07, 6.45) is 7.81. The highest BCUT2D eigenvalue weighted by atomic mass is 16.3. The molecular weight excluding hydrogens is 318 g/mol. The molecule has 0 spiro atoms. The lowest BCUT2D eigenvalue weighted by Gasteiger charge is -2.24. The van der Waals surface area contributed by atoms with Crippen molar-refractivity contribution in [1.29, 1.82) is 0 Å². The first-order valence-electron chi connectivity index (χ1n) is 8.63. The summed E-state index contributed by atoms with van der Waals surface area (Å²) in [5, 5.41) is 33.3. The first-order valence-corrected chi connectivity index (χ1v) is 8.63. The van der Waals surface area contributed by atoms with Crippen LogP contribution in [0, 0.1) is 0 Å². The topological polar surface area (TPSA) is 90.0 Å². The van der Waals surface area contributed by atoms with E-state index in [1.165, 1.54) is 25.3 Å². The molecule has 0 saturated heterocycles. The van der Waals surface area contributed by atoms with E-state index in [4.69, 9.17) is 0 Å². The smallest absolute Gasteiger partial charge is 0.200 e. The molecule has 3 aromatic rings. The van der Waals surface area contributed by atoms with Gasteiger partial charge in [-0.05, 0) is 37.1 Å². The molecule has 1 fully saturated rings. The van der Waals surface area contributed by atoms with Crippen molar-refractivity contribution in [2.45, 2.75) is 38.1 Å². The van der Waals surface area contributed by atoms with Gasteiger partial charge in [-0.15, -0.1) is 0 Å². The van der Waals surface area contributed by atoms with Crippen LogP contribution in [0.25, 0.3) is 16.9 Å². The zero-order valence-corrected chi connectivity index (χ0v) is 13.8. The number of nitrogens with one attached hydrogen (secondary N) is 1. The molecule has 25 heavy (non-hydrogen) atoms. The van der Waals surface area contributed by atoms with Crippen molar-refractivity contribution < 1.29 is 15.3 Å². The zero-order chi connectivity index (χ0) is 17.4. The fourth-order valence-corrected chi connectivity index (χ4v) is 3.52. The van der Waals surface area contributed by atoms with Crippen LogP contribution >= 0.6 is 0 Å². The highest BCUT2D eigenvalue weighted by Gasteiger charge is 2.22. The van der Waals surface area contributed by atoms with Crippen LogP contribution in [0.5, 0.6) is 17.2 Å². The number of benzene rings is 1. The Labute approximate surface area is 145 Å². The maximum Gasteiger partial charge on any atom is 0.200 e. The number of imidazole rings is 1. The zero-order valence-electron chi connectivity index (χ0n) is 13.8. The monoisotopic (exact) mass is 339 g/mol. The molecule has 130 valence electrons. The second-order valence-electron chi connectivity index (χ2n) is 6.55. The molecule has 2 heterocycles. The number of rotatable bonds is 3. The van der Waals surface area contributed by atoms with Gasteiger partial charge in [-0.1, -0.05) is 25.3 Å². The summed E-state index contributed by atoms with van der Waals surface area (Å²) in [4.78, 5) is 4.63. The fourth-order valence-electron chi connectivity index (χ4n) is 3.52. The van der Waals surface area contributed by atoms with Gasteiger partial charge in [0.05, 0.1) is 0 Å². The van der Waals surface area contributed by atoms with Crippen LogP contribution in [-0.2, 0) is 0 Å². The molecule has 0 bridgehead atoms. The fraction of sp³-hybridized carbons (Fsp3) is 0.316. The lowest BCUT2D eigenvalue weighted by molar-refractivity contribution is 0.369. The first-order chi connectivity index (χ1) is 12.1. The Morgan fingerprint density at radius 3 is 2.56 bits per heavy atom. The van der Waals surface area contributed by atoms with E-state index >= 15 is 0 Å². The maximum absolute atomic E-state index is 10.3. The van der Waals surface area contributed by atoms with Crippen LogP contribution in [0.2, 0.25) is 0 Å². The molecule has 0 unspecified atom stereocenters. The molecule has 0 atom stereocenters. The molecule has 6 heteroatoms. The number of pyridine rings is 1. The molecule has 0 aliphatic heterocycles. The summed E-state index contributed by atoms with van der Waals surface area (Å²) in [7, 11) is 0. The Kier molecular flexibility index (Phi) is 3.87. The molecule has 4 N–H and O–H groups in total. The number of hydrogen-bond acceptors (Lipinski definition) is 5. The Morgan fingerprint density at radius 2 is 1.76 bits per heavy atom. The molecule has 0 amide bonds. The third-order valence-electron chi connectivity index (χ3n) is 4.86. The molecule has 0 radical (unpaired) electrons. The van der Waals surface area contributed by atoms with Crippen molar-refractivity contribution in [2.75, 3.05) is 5.32 Å². The number of anilines is 1. The Bertz CT molecular complexity index is 914. The van der Waals surface area contributed by atoms with Crippen molar-refractivity contribution in [3.63, 3.8) is 0 Å². The van der Waals surface area contributed by atoms with Crippen molar-refractivity contribution in [1.82, 2.24) is 9.38 Å². The first kappa shape index (κ1) is 15.6. The van der Waals surface area contributed by atoms with E-state index in [9.17, 15) is 15.3 Å². The number of fused-ring (bicyclic) bond motifs is 1. The van der Waals surface area contributed by atoms with E-state index in [0.717, 1.165) is 24.3 Å². The van der Waals surface area contributed by atoms with Gasteiger partial charge in [0.1, 0.15) is 17.2 Å². The minimum absolute atomic E-state index is 0.355. The summed E-state index contributed by atoms with van der Waals surface area (Å²) in [5.41, 5.74) is 1.70. The number of aromatic hydroxyl groups is 3. The van der Waals surface area contributed by atoms with Crippen LogP contribution in [0.3, 0.4) is 0 Å². The minimum Gasteiger partial charge on any atom is -0.504 e. The van der Waals surface area contributed by atoms with Gasteiger partial charge in [-0.3, -0.25) is 4.40 Å². The highest BCUT2D eigenvalue weighted by Crippen LogP contribution is 2.44. The average molecular weight is 339 g/mol. The van der Waals surface area contributed by atoms with Crippen LogP contribution < -0.4 is 5.32 Å². The van der Waals surface area contributed by atoms with Gasteiger partial charge in [0.25, 0.3) is 0 Å². The predicted octanol–water partition coefficient (Wildman–Crippen LogP) is 3.86. The van der Waals surface area contributed by atoms with Gasteiger partial charge in [-0.25, -0.2) is 4.98 Å². The molecular formula is C19H21N3O3. The number of phenolic OH excluding ortho intramolecular Hbond substituents is 3. The Hall–Kier alpha value is -2.89. The lowest BCUT2D eigenvalue weighted by atomic mass is 9.95. The SMILES string of the molecule is Oc1ccc(-c2nc3ccccn3c2NC2CCCCC2)c(O)c1O. The van der Waals surface area contributed by atoms with E-state index in [0.29, 0.717) is 17.3 Å². The maximum atomic E-state index is 10.3. The molecule has 1 aromatic carbocycles. The minimum atomic E-state index is -0.529. The van der Waals surface area contributed by atoms with Crippen molar-refractivity contribution >= 4 is 11.5 Å². The lowest BCUT2D eigenvalue weighted by Crippen LogP contribution is -2.23. The molecule has 4 rings (SSSR count). The molecule has 1 aliphatic rings. The van der Waals surface area contributed by atoms with E-state index in [-0.39, 0.29) is 11.5 Å². The van der Waals surface area contributed by atoms with E-state index < -0.39 is 5.75 Å². The van der Waals surface area contributed by atoms with Crippen molar-refractivity contribution in [3.05, 3.63) is 36.5 Å². The molecule has 2 aromatic heterocycles. The van der Waals surface area contributed by atoms with E-state index in [1.54, 1.807) is 6.07 Å². The third kappa shape index (κ3) is 2.73. The quantitative estimate of drug-likeness (QED) is 0.544. The normalized spacial score (nSPS) is 15.5. The third-order valence-corrected chi connectivity index (χ3v) is 4.86. The van der Waals surface area contributed by atoms with Crippen LogP contribution in [0.1, 0.15) is 32.1 Å². The standard InChI is InChI=1S/C19H21N3O3/c23-14-10-9-13(17(24)18(14)25)16-19(20-12-6-2-1-3-7-12)22-11-5-4-8-15(22)21-16/h4-5,8-12,20,23-25H,1-3,6-7H2. The summed E-state index contributed by atoms with van der Waals surface area (Å²) < 4.78 is 1.95. The summed E-state index contributed by atoms with van der Waals surface area (Å²) in [6, 6.07) is 9.02. The molecule has 1 aliphatic carbocycles. The van der Waals surface area contributed by atoms with Gasteiger partial charge < -0.3 is 20.6 Å². The second kappa shape index (κ2) is 6.20. The number of nitrogens with zero attached hydrogens (tertiary/aromatic N) is 2. The van der Waals surface area contributed by atoms with Gasteiger partial charge in [0, 0.05) is 17.8 Å². The van der Waals surface area contributed by atoms with Gasteiger partial charge in [0.15, 0.2) is 11.5 Å². The van der Waals surface area contributed by atoms with Crippen LogP contribution in [-0.4, -0.2) is 30.7 Å². The van der Waals surface area contributed by atoms with Gasteiger partial charge >= 0.3 is 0 Å². The summed E-state index contributed by atoms with van der Waals surface area (Å²) in [5.74, 6) is -0.456. The summed E-state index contributed by atoms with van der Waals surface area (Å²) in [6.45, 7) is 0. The molecule has 6 nitrogen and oxygen atoms in total. The van der Waals surface area contributed by atoms with Gasteiger partial charge in [-0.2, -0.15) is 0 Å². The van der Waals surface area contributed by atoms with E-state index in [1.807, 2.05) is 28.8 Å². The highest BCUT2D eigenvalue weighted by molar-refractivity contribution is 5.82. The number of hydrogen-bond donors (Lipinski definition) is 4. The predicted molar refractivity (Wildman–Crippen MR) is 96.1 cm³/mol. The average Bonchev–Trinajstić information content (AvgIpc) is 2.99. The van der Waals surface area contributed by atoms with Crippen LogP contribution in [0.4, 0.5) is 5.82 Å². The van der Waals surface area contributed by atoms with E-state index in [2.05, 4.69) is 10.3 Å². The largest absolute Gasteiger partial charge is 0.504 e. The number of aromatic nitrogens is 2.